The third-order valence-corrected chi connectivity index (χ3v) is 12.0. The Kier molecular flexibility index (Phi) is 7.39. The van der Waals surface area contributed by atoms with Crippen molar-refractivity contribution in [2.45, 2.75) is 0 Å². The zero-order chi connectivity index (χ0) is 36.3. The monoisotopic (exact) mass is 719 g/mol. The molecule has 0 saturated heterocycles. The van der Waals surface area contributed by atoms with Crippen molar-refractivity contribution in [3.63, 3.8) is 0 Å². The molecule has 0 atom stereocenters. The maximum Gasteiger partial charge on any atom is 0.135 e. The first-order chi connectivity index (χ1) is 27.2. The molecule has 0 spiro atoms. The number of anilines is 3. The molecule has 55 heavy (non-hydrogen) atoms. The van der Waals surface area contributed by atoms with Gasteiger partial charge in [-0.1, -0.05) is 127 Å². The van der Waals surface area contributed by atoms with Crippen molar-refractivity contribution in [2.75, 3.05) is 4.90 Å². The van der Waals surface area contributed by atoms with E-state index in [-0.39, 0.29) is 0 Å². The van der Waals surface area contributed by atoms with Crippen molar-refractivity contribution in [2.24, 2.45) is 0 Å². The predicted octanol–water partition coefficient (Wildman–Crippen LogP) is 15.6. The first kappa shape index (κ1) is 31.6. The van der Waals surface area contributed by atoms with Crippen LogP contribution in [0.25, 0.3) is 86.3 Å². The smallest absolute Gasteiger partial charge is 0.135 e. The van der Waals surface area contributed by atoms with E-state index in [0.29, 0.717) is 0 Å². The highest BCUT2D eigenvalue weighted by molar-refractivity contribution is 7.25. The van der Waals surface area contributed by atoms with Crippen LogP contribution in [0.15, 0.2) is 205 Å². The van der Waals surface area contributed by atoms with Crippen molar-refractivity contribution in [1.82, 2.24) is 0 Å². The molecular formula is C52H33NOS. The Labute approximate surface area is 322 Å². The topological polar surface area (TPSA) is 16.4 Å². The number of nitrogens with zero attached hydrogens (tertiary/aromatic N) is 1. The first-order valence-electron chi connectivity index (χ1n) is 18.6. The van der Waals surface area contributed by atoms with Crippen LogP contribution in [-0.4, -0.2) is 0 Å². The second-order valence-corrected chi connectivity index (χ2v) is 15.3. The SMILES string of the molecule is c1cc(-c2ccc3ccccc3c2)cc(N(c2cccc(-c3ccc4c(c3)sc3ccccc34)c2)c2cccc(-c3ccc4oc5ccccc5c4c3)c2)c1. The molecule has 11 rings (SSSR count). The Balaban J connectivity index is 1.05. The molecule has 0 aliphatic rings. The number of hydrogen-bond acceptors (Lipinski definition) is 3. The lowest BCUT2D eigenvalue weighted by Crippen LogP contribution is -2.10. The molecular weight excluding hydrogens is 687 g/mol. The van der Waals surface area contributed by atoms with Crippen LogP contribution in [0.4, 0.5) is 17.1 Å². The van der Waals surface area contributed by atoms with Gasteiger partial charge in [0.1, 0.15) is 11.2 Å². The van der Waals surface area contributed by atoms with Crippen LogP contribution in [0.3, 0.4) is 0 Å². The standard InChI is InChI=1S/C52H33NOS/c1-2-11-35-28-39(23-22-34(35)10-1)36-12-7-15-42(29-36)53(43-16-8-13-37(30-43)40-25-27-50-48(32-40)45-18-3-5-20-49(45)54-50)44-17-9-14-38(31-44)41-24-26-47-46-19-4-6-21-51(46)55-52(47)33-41/h1-33H. The number of benzene rings is 9. The van der Waals surface area contributed by atoms with E-state index in [2.05, 4.69) is 193 Å². The summed E-state index contributed by atoms with van der Waals surface area (Å²) in [6.45, 7) is 0. The van der Waals surface area contributed by atoms with Crippen LogP contribution in [0, 0.1) is 0 Å². The van der Waals surface area contributed by atoms with Gasteiger partial charge in [0.2, 0.25) is 0 Å². The lowest BCUT2D eigenvalue weighted by molar-refractivity contribution is 0.669. The zero-order valence-electron chi connectivity index (χ0n) is 29.8. The van der Waals surface area contributed by atoms with Crippen LogP contribution in [0.1, 0.15) is 0 Å². The lowest BCUT2D eigenvalue weighted by atomic mass is 9.99. The largest absolute Gasteiger partial charge is 0.456 e. The summed E-state index contributed by atoms with van der Waals surface area (Å²) < 4.78 is 8.80. The Morgan fingerprint density at radius 1 is 0.309 bits per heavy atom. The van der Waals surface area contributed by atoms with Crippen molar-refractivity contribution in [3.8, 4) is 33.4 Å². The van der Waals surface area contributed by atoms with Crippen LogP contribution in [0.2, 0.25) is 0 Å². The molecule has 0 bridgehead atoms. The van der Waals surface area contributed by atoms with Gasteiger partial charge in [-0.15, -0.1) is 11.3 Å². The van der Waals surface area contributed by atoms with Gasteiger partial charge in [-0.2, -0.15) is 0 Å². The number of rotatable bonds is 6. The van der Waals surface area contributed by atoms with Gasteiger partial charge in [0.05, 0.1) is 0 Å². The minimum atomic E-state index is 0.902. The summed E-state index contributed by atoms with van der Waals surface area (Å²) in [5.74, 6) is 0. The fourth-order valence-corrected chi connectivity index (χ4v) is 9.25. The molecule has 0 saturated carbocycles. The highest BCUT2D eigenvalue weighted by atomic mass is 32.1. The van der Waals surface area contributed by atoms with Crippen LogP contribution < -0.4 is 4.90 Å². The number of para-hydroxylation sites is 1. The number of furan rings is 1. The van der Waals surface area contributed by atoms with Crippen LogP contribution in [0.5, 0.6) is 0 Å². The summed E-state index contributed by atoms with van der Waals surface area (Å²) >= 11 is 1.86. The number of thiophene rings is 1. The van der Waals surface area contributed by atoms with Gasteiger partial charge in [-0.25, -0.2) is 0 Å². The third kappa shape index (κ3) is 5.56. The van der Waals surface area contributed by atoms with Gasteiger partial charge in [0.15, 0.2) is 0 Å². The minimum Gasteiger partial charge on any atom is -0.456 e. The molecule has 2 nitrogen and oxygen atoms in total. The molecule has 11 aromatic rings. The summed E-state index contributed by atoms with van der Waals surface area (Å²) in [4.78, 5) is 2.39. The van der Waals surface area contributed by atoms with Crippen molar-refractivity contribution in [3.05, 3.63) is 200 Å². The Morgan fingerprint density at radius 2 is 0.836 bits per heavy atom. The molecule has 0 N–H and O–H groups in total. The van der Waals surface area contributed by atoms with Gasteiger partial charge in [0, 0.05) is 48.0 Å². The summed E-state index contributed by atoms with van der Waals surface area (Å²) in [7, 11) is 0. The highest BCUT2D eigenvalue weighted by Gasteiger charge is 2.17. The van der Waals surface area contributed by atoms with Gasteiger partial charge >= 0.3 is 0 Å². The lowest BCUT2D eigenvalue weighted by Gasteiger charge is -2.27. The van der Waals surface area contributed by atoms with Crippen LogP contribution in [-0.2, 0) is 0 Å². The third-order valence-electron chi connectivity index (χ3n) is 10.8. The van der Waals surface area contributed by atoms with E-state index in [0.717, 1.165) is 50.1 Å². The maximum absolute atomic E-state index is 6.17. The fraction of sp³-hybridized carbons (Fsp3) is 0. The molecule has 0 aliphatic heterocycles. The molecule has 0 unspecified atom stereocenters. The predicted molar refractivity (Wildman–Crippen MR) is 235 cm³/mol. The summed E-state index contributed by atoms with van der Waals surface area (Å²) in [6, 6.07) is 72.4. The number of hydrogen-bond donors (Lipinski definition) is 0. The average Bonchev–Trinajstić information content (AvgIpc) is 3.82. The summed E-state index contributed by atoms with van der Waals surface area (Å²) in [6.07, 6.45) is 0. The summed E-state index contributed by atoms with van der Waals surface area (Å²) in [5, 5.41) is 7.37. The van der Waals surface area contributed by atoms with E-state index in [1.807, 2.05) is 23.5 Å². The van der Waals surface area contributed by atoms with E-state index in [4.69, 9.17) is 4.42 Å². The Morgan fingerprint density at radius 3 is 1.58 bits per heavy atom. The molecule has 2 heterocycles. The molecule has 0 aliphatic carbocycles. The maximum atomic E-state index is 6.17. The van der Waals surface area contributed by atoms with Gasteiger partial charge in [0.25, 0.3) is 0 Å². The number of fused-ring (bicyclic) bond motifs is 7. The fourth-order valence-electron chi connectivity index (χ4n) is 8.10. The minimum absolute atomic E-state index is 0.902. The van der Waals surface area contributed by atoms with Gasteiger partial charge in [-0.3, -0.25) is 0 Å². The van der Waals surface area contributed by atoms with Gasteiger partial charge in [-0.05, 0) is 117 Å². The molecule has 3 heteroatoms. The van der Waals surface area contributed by atoms with E-state index in [1.54, 1.807) is 0 Å². The molecule has 258 valence electrons. The molecule has 9 aromatic carbocycles. The Bertz CT molecular complexity index is 3240. The van der Waals surface area contributed by atoms with Crippen molar-refractivity contribution < 1.29 is 4.42 Å². The second kappa shape index (κ2) is 12.9. The normalized spacial score (nSPS) is 11.6. The van der Waals surface area contributed by atoms with E-state index in [9.17, 15) is 0 Å². The second-order valence-electron chi connectivity index (χ2n) is 14.2. The molecule has 0 fully saturated rings. The average molecular weight is 720 g/mol. The first-order valence-corrected chi connectivity index (χ1v) is 19.5. The van der Waals surface area contributed by atoms with Crippen LogP contribution >= 0.6 is 11.3 Å². The van der Waals surface area contributed by atoms with Gasteiger partial charge < -0.3 is 9.32 Å². The Hall–Kier alpha value is -6.94. The van der Waals surface area contributed by atoms with E-state index in [1.165, 1.54) is 53.2 Å². The summed E-state index contributed by atoms with van der Waals surface area (Å²) in [5.41, 5.74) is 12.1. The molecule has 0 radical (unpaired) electrons. The van der Waals surface area contributed by atoms with E-state index >= 15 is 0 Å². The van der Waals surface area contributed by atoms with E-state index < -0.39 is 0 Å². The highest BCUT2D eigenvalue weighted by Crippen LogP contribution is 2.42. The molecule has 2 aromatic heterocycles. The van der Waals surface area contributed by atoms with Crippen molar-refractivity contribution in [1.29, 1.82) is 0 Å². The zero-order valence-corrected chi connectivity index (χ0v) is 30.6. The molecule has 0 amide bonds. The van der Waals surface area contributed by atoms with Crippen molar-refractivity contribution >= 4 is 81.3 Å². The quantitative estimate of drug-likeness (QED) is 0.170.